The SMILES string of the molecule is CNS(=O)(=O)c1ccc(N2CCN(c3nc4c(C(C)Nc5ccccc5C(=O)O)cc(C)cn4c(=O)c3C)CC2)cc1. The first-order valence-electron chi connectivity index (χ1n) is 13.7. The molecule has 12 heteroatoms. The number of para-hydroxylation sites is 1. The minimum atomic E-state index is -3.50. The number of benzene rings is 2. The van der Waals surface area contributed by atoms with Crippen molar-refractivity contribution in [3.63, 3.8) is 0 Å². The lowest BCUT2D eigenvalue weighted by Gasteiger charge is -2.37. The highest BCUT2D eigenvalue weighted by atomic mass is 32.2. The van der Waals surface area contributed by atoms with Gasteiger partial charge in [-0.3, -0.25) is 9.20 Å². The van der Waals surface area contributed by atoms with Gasteiger partial charge in [-0.2, -0.15) is 0 Å². The zero-order valence-corrected chi connectivity index (χ0v) is 24.8. The van der Waals surface area contributed by atoms with Gasteiger partial charge in [0.15, 0.2) is 0 Å². The molecule has 2 aromatic carbocycles. The molecule has 0 aliphatic carbocycles. The molecule has 3 heterocycles. The Morgan fingerprint density at radius 2 is 1.64 bits per heavy atom. The van der Waals surface area contributed by atoms with Gasteiger partial charge in [0, 0.05) is 49.3 Å². The third kappa shape index (κ3) is 5.55. The van der Waals surface area contributed by atoms with Gasteiger partial charge in [0.2, 0.25) is 10.0 Å². The zero-order valence-electron chi connectivity index (χ0n) is 24.0. The second-order valence-corrected chi connectivity index (χ2v) is 12.3. The number of hydrogen-bond acceptors (Lipinski definition) is 8. The summed E-state index contributed by atoms with van der Waals surface area (Å²) in [4.78, 5) is 34.8. The van der Waals surface area contributed by atoms with Crippen LogP contribution in [0.5, 0.6) is 0 Å². The molecular weight excluding hydrogens is 556 g/mol. The molecule has 1 atom stereocenters. The maximum Gasteiger partial charge on any atom is 0.337 e. The summed E-state index contributed by atoms with van der Waals surface area (Å²) in [6, 6.07) is 15.2. The van der Waals surface area contributed by atoms with Crippen molar-refractivity contribution in [1.82, 2.24) is 14.1 Å². The molecule has 1 aliphatic rings. The highest BCUT2D eigenvalue weighted by Crippen LogP contribution is 2.28. The number of anilines is 3. The van der Waals surface area contributed by atoms with Crippen molar-refractivity contribution < 1.29 is 18.3 Å². The Bertz CT molecular complexity index is 1810. The minimum Gasteiger partial charge on any atom is -0.478 e. The van der Waals surface area contributed by atoms with Crippen molar-refractivity contribution in [2.45, 2.75) is 31.7 Å². The van der Waals surface area contributed by atoms with Crippen LogP contribution >= 0.6 is 0 Å². The highest BCUT2D eigenvalue weighted by Gasteiger charge is 2.24. The standard InChI is InChI=1S/C30H34N6O5S/c1-19-17-25(21(3)32-26-8-6-5-7-24(26)30(38)39)28-33-27(20(2)29(37)36(28)18-19)35-15-13-34(14-16-35)22-9-11-23(12-10-22)42(40,41)31-4/h5-12,17-18,21,31-32H,13-16H2,1-4H3,(H,38,39). The van der Waals surface area contributed by atoms with Crippen LogP contribution in [0.1, 0.15) is 40.0 Å². The normalized spacial score (nSPS) is 14.7. The molecule has 42 heavy (non-hydrogen) atoms. The van der Waals surface area contributed by atoms with Crippen molar-refractivity contribution in [1.29, 1.82) is 0 Å². The largest absolute Gasteiger partial charge is 0.478 e. The van der Waals surface area contributed by atoms with Crippen molar-refractivity contribution in [3.8, 4) is 0 Å². The van der Waals surface area contributed by atoms with Crippen molar-refractivity contribution in [2.75, 3.05) is 48.3 Å². The van der Waals surface area contributed by atoms with Gasteiger partial charge in [0.05, 0.1) is 22.1 Å². The number of carboxylic acid groups (broad SMARTS) is 1. The lowest BCUT2D eigenvalue weighted by Crippen LogP contribution is -2.47. The van der Waals surface area contributed by atoms with Crippen molar-refractivity contribution >= 4 is 38.8 Å². The summed E-state index contributed by atoms with van der Waals surface area (Å²) in [6.07, 6.45) is 1.78. The summed E-state index contributed by atoms with van der Waals surface area (Å²) in [5.41, 5.74) is 4.16. The first-order chi connectivity index (χ1) is 20.0. The fourth-order valence-electron chi connectivity index (χ4n) is 5.35. The molecule has 11 nitrogen and oxygen atoms in total. The Morgan fingerprint density at radius 1 is 1.00 bits per heavy atom. The monoisotopic (exact) mass is 590 g/mol. The van der Waals surface area contributed by atoms with Gasteiger partial charge < -0.3 is 20.2 Å². The van der Waals surface area contributed by atoms with E-state index >= 15 is 0 Å². The van der Waals surface area contributed by atoms with E-state index in [2.05, 4.69) is 19.8 Å². The summed E-state index contributed by atoms with van der Waals surface area (Å²) in [5, 5.41) is 12.9. The maximum absolute atomic E-state index is 13.6. The van der Waals surface area contributed by atoms with E-state index in [0.717, 1.165) is 16.8 Å². The number of pyridine rings is 1. The van der Waals surface area contributed by atoms with Crippen LogP contribution in [0.25, 0.3) is 5.65 Å². The van der Waals surface area contributed by atoms with Gasteiger partial charge >= 0.3 is 5.97 Å². The first-order valence-corrected chi connectivity index (χ1v) is 15.1. The molecule has 0 amide bonds. The molecule has 1 saturated heterocycles. The summed E-state index contributed by atoms with van der Waals surface area (Å²) in [7, 11) is -2.12. The Hall–Kier alpha value is -4.42. The number of carbonyl (C=O) groups is 1. The topological polar surface area (TPSA) is 136 Å². The molecule has 1 aliphatic heterocycles. The Labute approximate surface area is 244 Å². The summed E-state index contributed by atoms with van der Waals surface area (Å²) < 4.78 is 28.0. The van der Waals surface area contributed by atoms with E-state index in [-0.39, 0.29) is 22.1 Å². The maximum atomic E-state index is 13.6. The lowest BCUT2D eigenvalue weighted by atomic mass is 10.1. The first kappa shape index (κ1) is 29.1. The Kier molecular flexibility index (Phi) is 7.93. The van der Waals surface area contributed by atoms with Crippen molar-refractivity contribution in [2.24, 2.45) is 0 Å². The van der Waals surface area contributed by atoms with Crippen molar-refractivity contribution in [3.05, 3.63) is 93.4 Å². The molecule has 4 aromatic rings. The predicted octanol–water partition coefficient (Wildman–Crippen LogP) is 3.42. The number of rotatable bonds is 8. The summed E-state index contributed by atoms with van der Waals surface area (Å²) in [5.74, 6) is -0.400. The fraction of sp³-hybridized carbons (Fsp3) is 0.300. The highest BCUT2D eigenvalue weighted by molar-refractivity contribution is 7.89. The third-order valence-corrected chi connectivity index (χ3v) is 9.08. The molecule has 0 spiro atoms. The number of fused-ring (bicyclic) bond motifs is 1. The number of carboxylic acids is 1. The Balaban J connectivity index is 1.43. The molecule has 220 valence electrons. The minimum absolute atomic E-state index is 0.151. The molecular formula is C30H34N6O5S. The van der Waals surface area contributed by atoms with Crippen LogP contribution in [0, 0.1) is 13.8 Å². The van der Waals surface area contributed by atoms with Gasteiger partial charge in [-0.1, -0.05) is 12.1 Å². The van der Waals surface area contributed by atoms with Crippen LogP contribution in [0.3, 0.4) is 0 Å². The van der Waals surface area contributed by atoms with Gasteiger partial charge in [-0.05, 0) is 75.8 Å². The van der Waals surface area contributed by atoms with Gasteiger partial charge in [0.1, 0.15) is 11.5 Å². The van der Waals surface area contributed by atoms with Crippen LogP contribution < -0.4 is 25.4 Å². The number of aryl methyl sites for hydroxylation is 1. The molecule has 3 N–H and O–H groups in total. The number of sulfonamides is 1. The van der Waals surface area contributed by atoms with Crippen LogP contribution in [-0.4, -0.2) is 62.1 Å². The third-order valence-electron chi connectivity index (χ3n) is 7.65. The van der Waals surface area contributed by atoms with Gasteiger partial charge in [0.25, 0.3) is 5.56 Å². The van der Waals surface area contributed by atoms with E-state index in [9.17, 15) is 23.1 Å². The molecule has 0 bridgehead atoms. The van der Waals surface area contributed by atoms with E-state index in [1.54, 1.807) is 66.1 Å². The molecule has 0 radical (unpaired) electrons. The van der Waals surface area contributed by atoms with E-state index in [1.165, 1.54) is 7.05 Å². The lowest BCUT2D eigenvalue weighted by molar-refractivity contribution is 0.0698. The van der Waals surface area contributed by atoms with Crippen LogP contribution in [-0.2, 0) is 10.0 Å². The zero-order chi connectivity index (χ0) is 30.2. The van der Waals surface area contributed by atoms with Crippen LogP contribution in [0.2, 0.25) is 0 Å². The molecule has 0 saturated carbocycles. The summed E-state index contributed by atoms with van der Waals surface area (Å²) >= 11 is 0. The smallest absolute Gasteiger partial charge is 0.337 e. The van der Waals surface area contributed by atoms with E-state index in [0.29, 0.717) is 48.9 Å². The summed E-state index contributed by atoms with van der Waals surface area (Å²) in [6.45, 7) is 8.22. The van der Waals surface area contributed by atoms with E-state index < -0.39 is 16.0 Å². The van der Waals surface area contributed by atoms with E-state index in [1.807, 2.05) is 19.9 Å². The molecule has 1 fully saturated rings. The number of piperazine rings is 1. The number of hydrogen-bond donors (Lipinski definition) is 3. The quantitative estimate of drug-likeness (QED) is 0.282. The second kappa shape index (κ2) is 11.5. The number of nitrogens with one attached hydrogen (secondary N) is 2. The molecule has 1 unspecified atom stereocenters. The van der Waals surface area contributed by atoms with Gasteiger partial charge in [-0.25, -0.2) is 22.9 Å². The predicted molar refractivity (Wildman–Crippen MR) is 163 cm³/mol. The number of aromatic carboxylic acids is 1. The van der Waals surface area contributed by atoms with E-state index in [4.69, 9.17) is 4.98 Å². The molecule has 5 rings (SSSR count). The average molecular weight is 591 g/mol. The second-order valence-electron chi connectivity index (χ2n) is 10.4. The van der Waals surface area contributed by atoms with Crippen LogP contribution in [0.4, 0.5) is 17.2 Å². The van der Waals surface area contributed by atoms with Gasteiger partial charge in [-0.15, -0.1) is 0 Å². The fourth-order valence-corrected chi connectivity index (χ4v) is 6.08. The number of aromatic nitrogens is 2. The number of nitrogens with zero attached hydrogens (tertiary/aromatic N) is 4. The van der Waals surface area contributed by atoms with Crippen LogP contribution in [0.15, 0.2) is 70.5 Å². The Morgan fingerprint density at radius 3 is 2.29 bits per heavy atom. The average Bonchev–Trinajstić information content (AvgIpc) is 2.99. The molecule has 2 aromatic heterocycles.